The molecule has 2 aromatic rings. The van der Waals surface area contributed by atoms with Crippen LogP contribution in [0.25, 0.3) is 0 Å². The van der Waals surface area contributed by atoms with Gasteiger partial charge in [-0.3, -0.25) is 9.59 Å². The second kappa shape index (κ2) is 5.72. The molecule has 4 N–H and O–H groups in total. The molecule has 10 heteroatoms. The van der Waals surface area contributed by atoms with Gasteiger partial charge in [-0.05, 0) is 35.4 Å². The van der Waals surface area contributed by atoms with Crippen LogP contribution >= 0.6 is 0 Å². The van der Waals surface area contributed by atoms with Crippen molar-refractivity contribution in [3.8, 4) is 0 Å². The first-order valence-corrected chi connectivity index (χ1v) is 8.05. The zero-order valence-electron chi connectivity index (χ0n) is 13.5. The maximum Gasteiger partial charge on any atom is 0.250 e. The molecule has 3 heterocycles. The van der Waals surface area contributed by atoms with Gasteiger partial charge >= 0.3 is 0 Å². The highest BCUT2D eigenvalue weighted by atomic mass is 16.2. The number of carbonyl (C=O) groups is 2. The quantitative estimate of drug-likeness (QED) is 0.681. The summed E-state index contributed by atoms with van der Waals surface area (Å²) in [4.78, 5) is 26.7. The summed E-state index contributed by atoms with van der Waals surface area (Å²) in [6.07, 6.45) is 1.06. The molecule has 0 aliphatic carbocycles. The Bertz CT molecular complexity index is 824. The number of rotatable bonds is 2. The Labute approximate surface area is 143 Å². The molecule has 0 saturated carbocycles. The predicted octanol–water partition coefficient (Wildman–Crippen LogP) is -0.319. The smallest absolute Gasteiger partial charge is 0.250 e. The number of nitrogens with two attached hydrogens (primary N) is 1. The third-order valence-corrected chi connectivity index (χ3v) is 4.80. The highest BCUT2D eigenvalue weighted by Gasteiger charge is 2.44. The van der Waals surface area contributed by atoms with E-state index in [2.05, 4.69) is 26.2 Å². The van der Waals surface area contributed by atoms with E-state index in [0.717, 1.165) is 11.4 Å². The number of amides is 2. The van der Waals surface area contributed by atoms with Crippen molar-refractivity contribution in [3.63, 3.8) is 0 Å². The van der Waals surface area contributed by atoms with Gasteiger partial charge in [0.2, 0.25) is 17.8 Å². The molecular weight excluding hydrogens is 324 g/mol. The molecule has 1 fully saturated rings. The van der Waals surface area contributed by atoms with Gasteiger partial charge in [-0.1, -0.05) is 17.2 Å². The van der Waals surface area contributed by atoms with E-state index in [9.17, 15) is 9.59 Å². The second-order valence-corrected chi connectivity index (χ2v) is 6.28. The molecule has 1 aromatic carbocycles. The van der Waals surface area contributed by atoms with E-state index in [1.807, 2.05) is 24.3 Å². The van der Waals surface area contributed by atoms with Gasteiger partial charge in [0, 0.05) is 13.1 Å². The van der Waals surface area contributed by atoms with Gasteiger partial charge in [-0.25, -0.2) is 4.68 Å². The van der Waals surface area contributed by atoms with Gasteiger partial charge in [0.1, 0.15) is 12.1 Å². The summed E-state index contributed by atoms with van der Waals surface area (Å²) in [6.45, 7) is 0.946. The number of aromatic nitrogens is 4. The van der Waals surface area contributed by atoms with Crippen LogP contribution in [0, 0.1) is 0 Å². The van der Waals surface area contributed by atoms with Crippen LogP contribution < -0.4 is 16.4 Å². The van der Waals surface area contributed by atoms with Crippen LogP contribution in [0.1, 0.15) is 12.8 Å². The summed E-state index contributed by atoms with van der Waals surface area (Å²) in [7, 11) is 0. The van der Waals surface area contributed by atoms with Crippen molar-refractivity contribution in [2.45, 2.75) is 24.9 Å². The lowest BCUT2D eigenvalue weighted by atomic mass is 9.84. The van der Waals surface area contributed by atoms with Crippen molar-refractivity contribution in [2.75, 3.05) is 29.5 Å². The lowest BCUT2D eigenvalue weighted by Gasteiger charge is -2.44. The van der Waals surface area contributed by atoms with Crippen molar-refractivity contribution in [1.29, 1.82) is 0 Å². The Morgan fingerprint density at radius 1 is 1.24 bits per heavy atom. The Morgan fingerprint density at radius 2 is 1.96 bits per heavy atom. The molecule has 0 bridgehead atoms. The van der Waals surface area contributed by atoms with Crippen LogP contribution in [0.4, 0.5) is 17.3 Å². The fraction of sp³-hybridized carbons (Fsp3) is 0.400. The highest BCUT2D eigenvalue weighted by molar-refractivity contribution is 6.06. The van der Waals surface area contributed by atoms with Gasteiger partial charge in [0.05, 0.1) is 11.4 Å². The molecule has 1 spiro atoms. The molecule has 1 saturated heterocycles. The number of carbonyl (C=O) groups excluding carboxylic acids is 2. The van der Waals surface area contributed by atoms with Gasteiger partial charge < -0.3 is 21.3 Å². The number of piperidine rings is 1. The fourth-order valence-corrected chi connectivity index (χ4v) is 3.30. The first-order chi connectivity index (χ1) is 12.1. The third kappa shape index (κ3) is 2.65. The van der Waals surface area contributed by atoms with Crippen LogP contribution in [-0.2, 0) is 16.1 Å². The van der Waals surface area contributed by atoms with Gasteiger partial charge in [-0.15, -0.1) is 0 Å². The normalized spacial score (nSPS) is 18.4. The molecular formula is C15H18N8O2. The number of hydrogen-bond donors (Lipinski definition) is 3. The number of tetrazole rings is 1. The van der Waals surface area contributed by atoms with E-state index in [1.54, 1.807) is 4.90 Å². The summed E-state index contributed by atoms with van der Waals surface area (Å²) >= 11 is 0. The molecule has 130 valence electrons. The van der Waals surface area contributed by atoms with E-state index in [1.165, 1.54) is 4.68 Å². The van der Waals surface area contributed by atoms with Crippen molar-refractivity contribution < 1.29 is 9.59 Å². The average molecular weight is 342 g/mol. The molecule has 2 amide bonds. The van der Waals surface area contributed by atoms with Crippen LogP contribution in [-0.4, -0.2) is 55.5 Å². The van der Waals surface area contributed by atoms with Gasteiger partial charge in [0.15, 0.2) is 0 Å². The molecule has 25 heavy (non-hydrogen) atoms. The fourth-order valence-electron chi connectivity index (χ4n) is 3.30. The summed E-state index contributed by atoms with van der Waals surface area (Å²) in [5, 5.41) is 17.0. The summed E-state index contributed by atoms with van der Waals surface area (Å²) in [6, 6.07) is 7.60. The van der Waals surface area contributed by atoms with Crippen LogP contribution in [0.2, 0.25) is 0 Å². The number of anilines is 3. The molecule has 0 radical (unpaired) electrons. The Kier molecular flexibility index (Phi) is 3.52. The Hall–Kier alpha value is -3.17. The SMILES string of the molecule is Nc1nnnn1CC(=O)N1CCC2(CC1)Nc1ccccc1NC2=O. The number of nitrogen functional groups attached to an aromatic ring is 1. The molecule has 2 aliphatic rings. The molecule has 2 aliphatic heterocycles. The van der Waals surface area contributed by atoms with Crippen molar-refractivity contribution >= 4 is 29.1 Å². The molecule has 1 aromatic heterocycles. The van der Waals surface area contributed by atoms with Crippen molar-refractivity contribution in [2.24, 2.45) is 0 Å². The number of nitrogens with zero attached hydrogens (tertiary/aromatic N) is 5. The minimum absolute atomic E-state index is 0.00566. The maximum absolute atomic E-state index is 12.6. The van der Waals surface area contributed by atoms with E-state index < -0.39 is 5.54 Å². The number of hydrogen-bond acceptors (Lipinski definition) is 7. The Morgan fingerprint density at radius 3 is 2.64 bits per heavy atom. The first-order valence-electron chi connectivity index (χ1n) is 8.05. The monoisotopic (exact) mass is 342 g/mol. The predicted molar refractivity (Wildman–Crippen MR) is 89.5 cm³/mol. The Balaban J connectivity index is 1.44. The standard InChI is InChI=1S/C15H18N8O2/c16-14-19-20-21-23(14)9-12(24)22-7-5-15(6-8-22)13(25)17-10-3-1-2-4-11(10)18-15/h1-4,18H,5-9H2,(H,17,25)(H2,16,19,21). The van der Waals surface area contributed by atoms with Crippen LogP contribution in [0.5, 0.6) is 0 Å². The molecule has 0 unspecified atom stereocenters. The van der Waals surface area contributed by atoms with E-state index in [-0.39, 0.29) is 24.3 Å². The number of nitrogens with one attached hydrogen (secondary N) is 2. The molecule has 10 nitrogen and oxygen atoms in total. The first kappa shape index (κ1) is 15.4. The highest BCUT2D eigenvalue weighted by Crippen LogP contribution is 2.36. The molecule has 0 atom stereocenters. The summed E-state index contributed by atoms with van der Waals surface area (Å²) in [5.74, 6) is -0.0692. The lowest BCUT2D eigenvalue weighted by molar-refractivity contribution is -0.135. The minimum Gasteiger partial charge on any atom is -0.369 e. The van der Waals surface area contributed by atoms with Crippen molar-refractivity contribution in [3.05, 3.63) is 24.3 Å². The number of benzene rings is 1. The number of para-hydroxylation sites is 2. The maximum atomic E-state index is 12.6. The van der Waals surface area contributed by atoms with Gasteiger partial charge in [-0.2, -0.15) is 0 Å². The zero-order chi connectivity index (χ0) is 17.4. The average Bonchev–Trinajstić information content (AvgIpc) is 3.01. The lowest BCUT2D eigenvalue weighted by Crippen LogP contribution is -2.59. The zero-order valence-corrected chi connectivity index (χ0v) is 13.5. The van der Waals surface area contributed by atoms with E-state index in [0.29, 0.717) is 25.9 Å². The van der Waals surface area contributed by atoms with Crippen molar-refractivity contribution in [1.82, 2.24) is 25.1 Å². The van der Waals surface area contributed by atoms with E-state index in [4.69, 9.17) is 5.73 Å². The third-order valence-electron chi connectivity index (χ3n) is 4.80. The number of likely N-dealkylation sites (tertiary alicyclic amines) is 1. The number of fused-ring (bicyclic) bond motifs is 1. The molecule has 4 rings (SSSR count). The largest absolute Gasteiger partial charge is 0.369 e. The van der Waals surface area contributed by atoms with Crippen LogP contribution in [0.15, 0.2) is 24.3 Å². The van der Waals surface area contributed by atoms with E-state index >= 15 is 0 Å². The summed E-state index contributed by atoms with van der Waals surface area (Å²) in [5.41, 5.74) is 6.59. The van der Waals surface area contributed by atoms with Crippen LogP contribution in [0.3, 0.4) is 0 Å². The second-order valence-electron chi connectivity index (χ2n) is 6.28. The van der Waals surface area contributed by atoms with Gasteiger partial charge in [0.25, 0.3) is 0 Å². The summed E-state index contributed by atoms with van der Waals surface area (Å²) < 4.78 is 1.26. The topological polar surface area (TPSA) is 131 Å². The minimum atomic E-state index is -0.682.